The van der Waals surface area contributed by atoms with Crippen LogP contribution < -0.4 is 0 Å². The number of benzene rings is 1. The summed E-state index contributed by atoms with van der Waals surface area (Å²) in [5, 5.41) is 2.69. The summed E-state index contributed by atoms with van der Waals surface area (Å²) in [6.45, 7) is 3.50. The van der Waals surface area contributed by atoms with E-state index in [0.29, 0.717) is 11.6 Å². The molecule has 23 heavy (non-hydrogen) atoms. The predicted molar refractivity (Wildman–Crippen MR) is 74.2 cm³/mol. The van der Waals surface area contributed by atoms with Crippen molar-refractivity contribution in [3.63, 3.8) is 0 Å². The Kier molecular flexibility index (Phi) is 4.70. The lowest BCUT2D eigenvalue weighted by atomic mass is 10.1. The summed E-state index contributed by atoms with van der Waals surface area (Å²) in [5.74, 6) is 0. The zero-order valence-electron chi connectivity index (χ0n) is 12.1. The van der Waals surface area contributed by atoms with Crippen LogP contribution >= 0.6 is 11.8 Å². The van der Waals surface area contributed by atoms with Crippen molar-refractivity contribution < 1.29 is 26.3 Å². The van der Waals surface area contributed by atoms with E-state index in [1.165, 1.54) is 0 Å². The lowest BCUT2D eigenvalue weighted by Gasteiger charge is -2.10. The van der Waals surface area contributed by atoms with Crippen LogP contribution in [-0.4, -0.2) is 15.3 Å². The molecule has 0 spiro atoms. The Bertz CT molecular complexity index is 702. The lowest BCUT2D eigenvalue weighted by Crippen LogP contribution is -2.10. The fraction of sp³-hybridized carbons (Fsp3) is 0.357. The fourth-order valence-electron chi connectivity index (χ4n) is 1.93. The van der Waals surface area contributed by atoms with Crippen LogP contribution in [0.5, 0.6) is 0 Å². The van der Waals surface area contributed by atoms with Crippen LogP contribution in [0.2, 0.25) is 0 Å². The number of hydrogen-bond acceptors (Lipinski definition) is 2. The molecule has 2 rings (SSSR count). The maximum absolute atomic E-state index is 12.7. The largest absolute Gasteiger partial charge is 0.447 e. The number of halogens is 6. The monoisotopic (exact) mass is 354 g/mol. The molecular weight excluding hydrogens is 342 g/mol. The van der Waals surface area contributed by atoms with Gasteiger partial charge in [-0.05, 0) is 30.5 Å². The van der Waals surface area contributed by atoms with E-state index in [0.717, 1.165) is 15.8 Å². The number of aryl methyl sites for hydroxylation is 2. The van der Waals surface area contributed by atoms with Crippen LogP contribution in [0.15, 0.2) is 29.3 Å². The molecule has 0 fully saturated rings. The van der Waals surface area contributed by atoms with Crippen molar-refractivity contribution in [3.05, 3.63) is 46.6 Å². The number of nitrogens with zero attached hydrogens (tertiary/aromatic N) is 2. The standard InChI is InChI=1S/C14H12F6N2S/c1-8-3-4-10(5-9(8)2)7-22-12(23-14(18,19)20)6-11(21-22)13(15,16)17/h3-6H,7H2,1-2H3. The zero-order chi connectivity index (χ0) is 17.4. The van der Waals surface area contributed by atoms with E-state index in [1.54, 1.807) is 18.2 Å². The third-order valence-corrected chi connectivity index (χ3v) is 3.93. The molecule has 2 aromatic rings. The van der Waals surface area contributed by atoms with Crippen LogP contribution in [0.4, 0.5) is 26.3 Å². The molecule has 0 saturated carbocycles. The van der Waals surface area contributed by atoms with Gasteiger partial charge in [0.25, 0.3) is 0 Å². The molecule has 1 aromatic heterocycles. The zero-order valence-corrected chi connectivity index (χ0v) is 12.9. The molecule has 9 heteroatoms. The van der Waals surface area contributed by atoms with E-state index < -0.39 is 34.2 Å². The molecule has 0 radical (unpaired) electrons. The van der Waals surface area contributed by atoms with Gasteiger partial charge in [-0.3, -0.25) is 4.68 Å². The van der Waals surface area contributed by atoms with Gasteiger partial charge in [-0.25, -0.2) is 0 Å². The van der Waals surface area contributed by atoms with Crippen molar-refractivity contribution in [3.8, 4) is 0 Å². The van der Waals surface area contributed by atoms with E-state index >= 15 is 0 Å². The number of rotatable bonds is 3. The van der Waals surface area contributed by atoms with Crippen LogP contribution in [0, 0.1) is 13.8 Å². The van der Waals surface area contributed by atoms with Crippen LogP contribution in [-0.2, 0) is 12.7 Å². The first-order valence-electron chi connectivity index (χ1n) is 6.42. The molecular formula is C14H12F6N2S. The average molecular weight is 354 g/mol. The van der Waals surface area contributed by atoms with Gasteiger partial charge in [-0.2, -0.15) is 31.4 Å². The maximum atomic E-state index is 12.7. The second kappa shape index (κ2) is 6.10. The van der Waals surface area contributed by atoms with Crippen molar-refractivity contribution in [1.29, 1.82) is 0 Å². The van der Waals surface area contributed by atoms with Gasteiger partial charge in [0.1, 0.15) is 5.03 Å². The first-order valence-corrected chi connectivity index (χ1v) is 7.24. The number of aromatic nitrogens is 2. The molecule has 1 heterocycles. The Balaban J connectivity index is 2.38. The maximum Gasteiger partial charge on any atom is 0.447 e. The molecule has 0 aliphatic carbocycles. The molecule has 2 nitrogen and oxygen atoms in total. The summed E-state index contributed by atoms with van der Waals surface area (Å²) in [5.41, 5.74) is -3.57. The molecule has 0 atom stereocenters. The fourth-order valence-corrected chi connectivity index (χ4v) is 2.55. The van der Waals surface area contributed by atoms with E-state index in [9.17, 15) is 26.3 Å². The Hall–Kier alpha value is -1.64. The summed E-state index contributed by atoms with van der Waals surface area (Å²) >= 11 is -0.609. The van der Waals surface area contributed by atoms with Gasteiger partial charge in [0, 0.05) is 17.8 Å². The van der Waals surface area contributed by atoms with E-state index in [2.05, 4.69) is 5.10 Å². The van der Waals surface area contributed by atoms with Gasteiger partial charge < -0.3 is 0 Å². The first kappa shape index (κ1) is 17.7. The number of thioether (sulfide) groups is 1. The minimum atomic E-state index is -4.80. The normalized spacial score (nSPS) is 12.7. The van der Waals surface area contributed by atoms with Crippen molar-refractivity contribution in [2.45, 2.75) is 37.1 Å². The Labute approximate surface area is 132 Å². The summed E-state index contributed by atoms with van der Waals surface area (Å²) in [6, 6.07) is 5.54. The van der Waals surface area contributed by atoms with Crippen LogP contribution in [0.1, 0.15) is 22.4 Å². The quantitative estimate of drug-likeness (QED) is 0.558. The highest BCUT2D eigenvalue weighted by atomic mass is 32.2. The molecule has 0 aliphatic heterocycles. The summed E-state index contributed by atoms with van der Waals surface area (Å²) < 4.78 is 76.4. The number of hydrogen-bond donors (Lipinski definition) is 0. The van der Waals surface area contributed by atoms with Gasteiger partial charge in [0.15, 0.2) is 5.69 Å². The molecule has 0 unspecified atom stereocenters. The Morgan fingerprint density at radius 3 is 2.17 bits per heavy atom. The molecule has 1 aromatic carbocycles. The van der Waals surface area contributed by atoms with Crippen molar-refractivity contribution in [2.75, 3.05) is 0 Å². The average Bonchev–Trinajstić information content (AvgIpc) is 2.75. The number of alkyl halides is 6. The van der Waals surface area contributed by atoms with Gasteiger partial charge in [0.05, 0.1) is 6.54 Å². The summed E-state index contributed by atoms with van der Waals surface area (Å²) in [4.78, 5) is 0. The topological polar surface area (TPSA) is 17.8 Å². The van der Waals surface area contributed by atoms with Crippen LogP contribution in [0.3, 0.4) is 0 Å². The van der Waals surface area contributed by atoms with Crippen molar-refractivity contribution in [1.82, 2.24) is 9.78 Å². The second-order valence-corrected chi connectivity index (χ2v) is 6.07. The highest BCUT2D eigenvalue weighted by Gasteiger charge is 2.38. The smallest absolute Gasteiger partial charge is 0.254 e. The predicted octanol–water partition coefficient (Wildman–Crippen LogP) is 5.18. The van der Waals surface area contributed by atoms with Gasteiger partial charge in [0.2, 0.25) is 0 Å². The van der Waals surface area contributed by atoms with E-state index in [-0.39, 0.29) is 6.54 Å². The second-order valence-electron chi connectivity index (χ2n) is 4.99. The SMILES string of the molecule is Cc1ccc(Cn2nc(C(F)(F)F)cc2SC(F)(F)F)cc1C. The van der Waals surface area contributed by atoms with E-state index in [4.69, 9.17) is 0 Å². The summed E-state index contributed by atoms with van der Waals surface area (Å²) in [6.07, 6.45) is -4.80. The van der Waals surface area contributed by atoms with Crippen LogP contribution in [0.25, 0.3) is 0 Å². The molecule has 126 valence electrons. The highest BCUT2D eigenvalue weighted by Crippen LogP contribution is 2.39. The van der Waals surface area contributed by atoms with Gasteiger partial charge in [-0.15, -0.1) is 0 Å². The highest BCUT2D eigenvalue weighted by molar-refractivity contribution is 8.00. The van der Waals surface area contributed by atoms with Crippen molar-refractivity contribution in [2.24, 2.45) is 0 Å². The van der Waals surface area contributed by atoms with Gasteiger partial charge in [-0.1, -0.05) is 18.2 Å². The first-order chi connectivity index (χ1) is 10.5. The minimum Gasteiger partial charge on any atom is -0.254 e. The third-order valence-electron chi connectivity index (χ3n) is 3.16. The lowest BCUT2D eigenvalue weighted by molar-refractivity contribution is -0.141. The molecule has 0 aliphatic rings. The van der Waals surface area contributed by atoms with Crippen molar-refractivity contribution >= 4 is 11.8 Å². The molecule has 0 amide bonds. The summed E-state index contributed by atoms with van der Waals surface area (Å²) in [7, 11) is 0. The van der Waals surface area contributed by atoms with Gasteiger partial charge >= 0.3 is 11.7 Å². The van der Waals surface area contributed by atoms with E-state index in [1.807, 2.05) is 13.8 Å². The third kappa shape index (κ3) is 4.66. The molecule has 0 bridgehead atoms. The molecule has 0 N–H and O–H groups in total. The minimum absolute atomic E-state index is 0.171. The Morgan fingerprint density at radius 1 is 1.00 bits per heavy atom. The molecule has 0 saturated heterocycles. The Morgan fingerprint density at radius 2 is 1.65 bits per heavy atom.